The number of hydrogen-bond donors (Lipinski definition) is 2. The van der Waals surface area contributed by atoms with Gasteiger partial charge in [-0.2, -0.15) is 0 Å². The fourth-order valence-electron chi connectivity index (χ4n) is 6.80. The van der Waals surface area contributed by atoms with E-state index in [1.54, 1.807) is 4.90 Å². The monoisotopic (exact) mass is 600 g/mol. The Hall–Kier alpha value is -3.76. The van der Waals surface area contributed by atoms with Gasteiger partial charge in [0.1, 0.15) is 5.82 Å². The minimum absolute atomic E-state index is 0.0928. The van der Waals surface area contributed by atoms with Crippen molar-refractivity contribution in [2.24, 2.45) is 17.8 Å². The number of hydrogen-bond acceptors (Lipinski definition) is 7. The van der Waals surface area contributed by atoms with Gasteiger partial charge in [0, 0.05) is 75.5 Å². The van der Waals surface area contributed by atoms with Crippen LogP contribution in [0.3, 0.4) is 0 Å². The lowest BCUT2D eigenvalue weighted by molar-refractivity contribution is 0.0934. The number of pyridine rings is 2. The molecular weight excluding hydrogens is 556 g/mol. The van der Waals surface area contributed by atoms with E-state index in [9.17, 15) is 14.7 Å². The summed E-state index contributed by atoms with van der Waals surface area (Å²) in [5.74, 6) is 1.93. The van der Waals surface area contributed by atoms with Gasteiger partial charge < -0.3 is 29.9 Å². The zero-order valence-corrected chi connectivity index (χ0v) is 25.7. The Bertz CT molecular complexity index is 1430. The van der Waals surface area contributed by atoms with Crippen molar-refractivity contribution in [3.63, 3.8) is 0 Å². The van der Waals surface area contributed by atoms with E-state index in [0.717, 1.165) is 92.9 Å². The lowest BCUT2D eigenvalue weighted by atomic mass is 9.81. The molecule has 6 rings (SSSR count). The second kappa shape index (κ2) is 13.9. The number of carbonyl (C=O) groups is 2. The molecule has 1 aliphatic carbocycles. The smallest absolute Gasteiger partial charge is 0.407 e. The molecule has 44 heavy (non-hydrogen) atoms. The zero-order chi connectivity index (χ0) is 30.5. The van der Waals surface area contributed by atoms with E-state index in [1.165, 1.54) is 0 Å². The molecule has 3 fully saturated rings. The molecule has 234 valence electrons. The highest BCUT2D eigenvalue weighted by atomic mass is 16.5. The van der Waals surface area contributed by atoms with Crippen LogP contribution in [0, 0.1) is 17.8 Å². The maximum atomic E-state index is 13.6. The Labute approximate surface area is 259 Å². The Morgan fingerprint density at radius 3 is 2.43 bits per heavy atom. The third-order valence-electron chi connectivity index (χ3n) is 9.60. The molecule has 0 spiro atoms. The molecule has 0 bridgehead atoms. The molecule has 2 saturated heterocycles. The summed E-state index contributed by atoms with van der Waals surface area (Å²) < 4.78 is 5.44. The summed E-state index contributed by atoms with van der Waals surface area (Å²) in [5, 5.41) is 13.8. The molecule has 0 radical (unpaired) electrons. The number of carboxylic acid groups (broad SMARTS) is 1. The van der Waals surface area contributed by atoms with Crippen LogP contribution in [0.2, 0.25) is 0 Å². The molecule has 10 heteroatoms. The number of ether oxygens (including phenoxy) is 1. The molecule has 1 saturated carbocycles. The van der Waals surface area contributed by atoms with Crippen LogP contribution in [0.25, 0.3) is 22.2 Å². The van der Waals surface area contributed by atoms with Gasteiger partial charge in [0.15, 0.2) is 0 Å². The third kappa shape index (κ3) is 7.30. The lowest BCUT2D eigenvalue weighted by Gasteiger charge is -2.33. The minimum Gasteiger partial charge on any atom is -0.465 e. The number of amides is 2. The van der Waals surface area contributed by atoms with Crippen LogP contribution in [0.5, 0.6) is 0 Å². The number of carbonyl (C=O) groups excluding carboxylic acids is 1. The van der Waals surface area contributed by atoms with Crippen molar-refractivity contribution in [2.45, 2.75) is 32.1 Å². The van der Waals surface area contributed by atoms with Gasteiger partial charge in [-0.3, -0.25) is 4.79 Å². The Morgan fingerprint density at radius 1 is 0.977 bits per heavy atom. The van der Waals surface area contributed by atoms with E-state index in [1.807, 2.05) is 48.7 Å². The van der Waals surface area contributed by atoms with E-state index in [2.05, 4.69) is 22.2 Å². The average Bonchev–Trinajstić information content (AvgIpc) is 3.57. The zero-order valence-electron chi connectivity index (χ0n) is 25.7. The number of rotatable bonds is 9. The summed E-state index contributed by atoms with van der Waals surface area (Å²) in [6.07, 6.45) is 5.88. The van der Waals surface area contributed by atoms with E-state index in [0.29, 0.717) is 49.6 Å². The number of aromatic nitrogens is 2. The molecule has 1 atom stereocenters. The van der Waals surface area contributed by atoms with Crippen molar-refractivity contribution in [1.29, 1.82) is 0 Å². The summed E-state index contributed by atoms with van der Waals surface area (Å²) in [5.41, 5.74) is 3.03. The van der Waals surface area contributed by atoms with Crippen LogP contribution in [0.1, 0.15) is 42.5 Å². The Morgan fingerprint density at radius 2 is 1.73 bits per heavy atom. The van der Waals surface area contributed by atoms with E-state index >= 15 is 0 Å². The first-order valence-electron chi connectivity index (χ1n) is 16.1. The van der Waals surface area contributed by atoms with E-state index in [4.69, 9.17) is 14.7 Å². The summed E-state index contributed by atoms with van der Waals surface area (Å²) in [7, 11) is 2.14. The van der Waals surface area contributed by atoms with Gasteiger partial charge in [0.25, 0.3) is 5.91 Å². The number of anilines is 1. The van der Waals surface area contributed by atoms with Crippen LogP contribution in [0.15, 0.2) is 48.7 Å². The van der Waals surface area contributed by atoms with Crippen molar-refractivity contribution in [3.05, 3.63) is 54.2 Å². The topological polar surface area (TPSA) is 111 Å². The molecule has 2 N–H and O–H groups in total. The third-order valence-corrected chi connectivity index (χ3v) is 9.60. The van der Waals surface area contributed by atoms with Crippen LogP contribution in [-0.2, 0) is 4.74 Å². The minimum atomic E-state index is -0.836. The first kappa shape index (κ1) is 30.3. The van der Waals surface area contributed by atoms with Crippen molar-refractivity contribution >= 4 is 28.7 Å². The average molecular weight is 601 g/mol. The summed E-state index contributed by atoms with van der Waals surface area (Å²) in [4.78, 5) is 41.3. The normalized spacial score (nSPS) is 22.7. The van der Waals surface area contributed by atoms with Crippen LogP contribution in [-0.4, -0.2) is 103 Å². The number of para-hydroxylation sites is 1. The molecule has 1 unspecified atom stereocenters. The molecule has 3 aliphatic rings. The lowest BCUT2D eigenvalue weighted by Crippen LogP contribution is -2.44. The van der Waals surface area contributed by atoms with Gasteiger partial charge in [0.2, 0.25) is 0 Å². The molecule has 3 aromatic rings. The van der Waals surface area contributed by atoms with E-state index in [-0.39, 0.29) is 5.91 Å². The predicted octanol–water partition coefficient (Wildman–Crippen LogP) is 4.60. The van der Waals surface area contributed by atoms with E-state index < -0.39 is 6.09 Å². The van der Waals surface area contributed by atoms with Crippen LogP contribution in [0.4, 0.5) is 10.6 Å². The largest absolute Gasteiger partial charge is 0.465 e. The first-order valence-corrected chi connectivity index (χ1v) is 16.1. The highest BCUT2D eigenvalue weighted by molar-refractivity contribution is 6.07. The van der Waals surface area contributed by atoms with Gasteiger partial charge in [-0.1, -0.05) is 18.2 Å². The molecule has 2 amide bonds. The van der Waals surface area contributed by atoms with Gasteiger partial charge in [0.05, 0.1) is 23.4 Å². The van der Waals surface area contributed by atoms with Crippen molar-refractivity contribution in [3.8, 4) is 11.3 Å². The SMILES string of the molecule is CN1CCN(c2ccc(-c3cc(C(=O)NCC4CCC(CN(CC5CCOC5)C(=O)O)CC4)c4ccccc4n3)cn2)CC1. The molecule has 2 aromatic heterocycles. The molecular formula is C34H44N6O4. The summed E-state index contributed by atoms with van der Waals surface area (Å²) >= 11 is 0. The fraction of sp³-hybridized carbons (Fsp3) is 0.529. The van der Waals surface area contributed by atoms with Gasteiger partial charge in [-0.25, -0.2) is 14.8 Å². The number of benzene rings is 1. The van der Waals surface area contributed by atoms with Crippen molar-refractivity contribution in [1.82, 2.24) is 25.1 Å². The van der Waals surface area contributed by atoms with Crippen LogP contribution >= 0.6 is 0 Å². The molecule has 2 aliphatic heterocycles. The molecule has 4 heterocycles. The number of nitrogens with one attached hydrogen (secondary N) is 1. The standard InChI is InChI=1S/C34H44N6O4/c1-38-13-15-39(16-14-38)32-11-10-27(20-35-32)31-18-29(28-4-2-3-5-30(28)37-31)33(41)36-19-24-6-8-25(9-7-24)21-40(34(42)43)22-26-12-17-44-23-26/h2-5,10-11,18,20,24-26H,6-9,12-17,19,21-23H2,1H3,(H,36,41)(H,42,43). The maximum absolute atomic E-state index is 13.6. The number of nitrogens with zero attached hydrogens (tertiary/aromatic N) is 5. The fourth-order valence-corrected chi connectivity index (χ4v) is 6.80. The Balaban J connectivity index is 1.07. The number of likely N-dealkylation sites (N-methyl/N-ethyl adjacent to an activating group) is 1. The number of fused-ring (bicyclic) bond motifs is 1. The molecule has 10 nitrogen and oxygen atoms in total. The van der Waals surface area contributed by atoms with Gasteiger partial charge in [-0.05, 0) is 75.3 Å². The van der Waals surface area contributed by atoms with Gasteiger partial charge >= 0.3 is 6.09 Å². The van der Waals surface area contributed by atoms with Crippen molar-refractivity contribution < 1.29 is 19.4 Å². The highest BCUT2D eigenvalue weighted by Crippen LogP contribution is 2.30. The molecule has 1 aromatic carbocycles. The summed E-state index contributed by atoms with van der Waals surface area (Å²) in [6, 6.07) is 13.8. The second-order valence-corrected chi connectivity index (χ2v) is 12.8. The highest BCUT2D eigenvalue weighted by Gasteiger charge is 2.28. The predicted molar refractivity (Wildman–Crippen MR) is 171 cm³/mol. The second-order valence-electron chi connectivity index (χ2n) is 12.8. The summed E-state index contributed by atoms with van der Waals surface area (Å²) in [6.45, 7) is 7.11. The van der Waals surface area contributed by atoms with Gasteiger partial charge in [-0.15, -0.1) is 0 Å². The first-order chi connectivity index (χ1) is 21.4. The quantitative estimate of drug-likeness (QED) is 0.367. The maximum Gasteiger partial charge on any atom is 0.407 e. The Kier molecular flexibility index (Phi) is 9.57. The number of piperazine rings is 1. The van der Waals surface area contributed by atoms with Crippen LogP contribution < -0.4 is 10.2 Å². The van der Waals surface area contributed by atoms with Crippen molar-refractivity contribution in [2.75, 3.05) is 71.0 Å².